The van der Waals surface area contributed by atoms with Crippen molar-refractivity contribution in [3.05, 3.63) is 82.9 Å². The van der Waals surface area contributed by atoms with Crippen LogP contribution in [-0.4, -0.2) is 46.9 Å². The molecule has 1 saturated heterocycles. The van der Waals surface area contributed by atoms with Crippen LogP contribution in [0.5, 0.6) is 5.75 Å². The molecule has 0 saturated carbocycles. The highest BCUT2D eigenvalue weighted by Crippen LogP contribution is 2.26. The van der Waals surface area contributed by atoms with Gasteiger partial charge in [-0.25, -0.2) is 9.97 Å². The highest BCUT2D eigenvalue weighted by atomic mass is 16.5. The van der Waals surface area contributed by atoms with E-state index in [1.165, 1.54) is 5.56 Å². The second-order valence-corrected chi connectivity index (χ2v) is 8.40. The molecule has 2 heterocycles. The van der Waals surface area contributed by atoms with Gasteiger partial charge in [-0.05, 0) is 50.1 Å². The number of ether oxygens (including phenoxy) is 1. The Kier molecular flexibility index (Phi) is 6.68. The summed E-state index contributed by atoms with van der Waals surface area (Å²) in [5, 5.41) is 2.86. The van der Waals surface area contributed by atoms with Crippen LogP contribution in [0.1, 0.15) is 45.3 Å². The van der Waals surface area contributed by atoms with Crippen molar-refractivity contribution >= 4 is 17.5 Å². The van der Waals surface area contributed by atoms with Crippen LogP contribution < -0.4 is 10.1 Å². The molecule has 4 rings (SSSR count). The largest absolute Gasteiger partial charge is 0.497 e. The van der Waals surface area contributed by atoms with Gasteiger partial charge < -0.3 is 15.0 Å². The van der Waals surface area contributed by atoms with Crippen LogP contribution in [0.4, 0.5) is 5.69 Å². The number of benzene rings is 2. The maximum absolute atomic E-state index is 12.7. The number of nitrogens with one attached hydrogen (secondary N) is 1. The van der Waals surface area contributed by atoms with Crippen molar-refractivity contribution in [1.29, 1.82) is 0 Å². The van der Waals surface area contributed by atoms with Crippen molar-refractivity contribution in [3.63, 3.8) is 0 Å². The Hall–Kier alpha value is -3.74. The van der Waals surface area contributed by atoms with E-state index in [1.807, 2.05) is 43.0 Å². The fraction of sp³-hybridized carbons (Fsp3) is 0.308. The maximum atomic E-state index is 12.7. The summed E-state index contributed by atoms with van der Waals surface area (Å²) in [7, 11) is 1.60. The highest BCUT2D eigenvalue weighted by Gasteiger charge is 2.29. The van der Waals surface area contributed by atoms with Crippen LogP contribution in [0.3, 0.4) is 0 Å². The monoisotopic (exact) mass is 444 g/mol. The van der Waals surface area contributed by atoms with Crippen LogP contribution >= 0.6 is 0 Å². The smallest absolute Gasteiger partial charge is 0.259 e. The van der Waals surface area contributed by atoms with Crippen molar-refractivity contribution in [2.24, 2.45) is 0 Å². The number of methoxy groups -OCH3 is 1. The zero-order valence-electron chi connectivity index (χ0n) is 19.2. The Morgan fingerprint density at radius 3 is 2.48 bits per heavy atom. The molecule has 0 unspecified atom stereocenters. The van der Waals surface area contributed by atoms with Gasteiger partial charge in [0.25, 0.3) is 5.91 Å². The number of aryl methyl sites for hydroxylation is 2. The summed E-state index contributed by atoms with van der Waals surface area (Å²) in [6.45, 7) is 5.13. The lowest BCUT2D eigenvalue weighted by atomic mass is 10.1. The van der Waals surface area contributed by atoms with Crippen LogP contribution in [0.2, 0.25) is 0 Å². The van der Waals surface area contributed by atoms with E-state index in [0.717, 1.165) is 17.7 Å². The molecule has 2 amide bonds. The van der Waals surface area contributed by atoms with E-state index in [-0.39, 0.29) is 17.7 Å². The third-order valence-electron chi connectivity index (χ3n) is 5.97. The third-order valence-corrected chi connectivity index (χ3v) is 5.97. The Balaban J connectivity index is 1.37. The molecule has 1 aliphatic heterocycles. The molecule has 1 atom stereocenters. The lowest BCUT2D eigenvalue weighted by Crippen LogP contribution is -2.30. The summed E-state index contributed by atoms with van der Waals surface area (Å²) < 4.78 is 5.14. The van der Waals surface area contributed by atoms with Gasteiger partial charge in [-0.2, -0.15) is 0 Å². The van der Waals surface area contributed by atoms with E-state index in [4.69, 9.17) is 4.74 Å². The Morgan fingerprint density at radius 2 is 1.82 bits per heavy atom. The van der Waals surface area contributed by atoms with E-state index in [1.54, 1.807) is 37.6 Å². The number of likely N-dealkylation sites (tertiary alicyclic amines) is 1. The zero-order valence-corrected chi connectivity index (χ0v) is 19.2. The van der Waals surface area contributed by atoms with Crippen molar-refractivity contribution in [1.82, 2.24) is 14.9 Å². The average Bonchev–Trinajstić information content (AvgIpc) is 3.31. The first-order valence-corrected chi connectivity index (χ1v) is 11.0. The molecule has 170 valence electrons. The number of aromatic nitrogens is 2. The second kappa shape index (κ2) is 9.81. The summed E-state index contributed by atoms with van der Waals surface area (Å²) in [5.74, 6) is 1.34. The van der Waals surface area contributed by atoms with Gasteiger partial charge in [-0.15, -0.1) is 0 Å². The summed E-state index contributed by atoms with van der Waals surface area (Å²) in [5.41, 5.74) is 3.92. The molecular weight excluding hydrogens is 416 g/mol. The lowest BCUT2D eigenvalue weighted by molar-refractivity contribution is -0.129. The standard InChI is InChI=1S/C26H28N4O3/c1-17-4-6-19(7-5-17)14-24(31)30-13-12-20(16-30)25-27-15-23(18(2)28-25)26(32)29-21-8-10-22(33-3)11-9-21/h4-11,15,20H,12-14,16H2,1-3H3,(H,29,32)/t20-/m1/s1. The Bertz CT molecular complexity index is 1140. The SMILES string of the molecule is COc1ccc(NC(=O)c2cnc([C@@H]3CCN(C(=O)Cc4ccc(C)cc4)C3)nc2C)cc1. The van der Waals surface area contributed by atoms with E-state index in [9.17, 15) is 9.59 Å². The van der Waals surface area contributed by atoms with Gasteiger partial charge in [0, 0.05) is 30.9 Å². The van der Waals surface area contributed by atoms with Crippen molar-refractivity contribution in [2.45, 2.75) is 32.6 Å². The first-order valence-electron chi connectivity index (χ1n) is 11.0. The molecule has 0 radical (unpaired) electrons. The number of rotatable bonds is 6. The normalized spacial score (nSPS) is 15.4. The summed E-state index contributed by atoms with van der Waals surface area (Å²) in [4.78, 5) is 36.4. The van der Waals surface area contributed by atoms with E-state index in [0.29, 0.717) is 42.3 Å². The number of nitrogens with zero attached hydrogens (tertiary/aromatic N) is 3. The van der Waals surface area contributed by atoms with Crippen LogP contribution in [0, 0.1) is 13.8 Å². The summed E-state index contributed by atoms with van der Waals surface area (Å²) >= 11 is 0. The number of carbonyl (C=O) groups is 2. The Morgan fingerprint density at radius 1 is 1.09 bits per heavy atom. The van der Waals surface area contributed by atoms with E-state index < -0.39 is 0 Å². The van der Waals surface area contributed by atoms with Crippen LogP contribution in [0.15, 0.2) is 54.7 Å². The minimum absolute atomic E-state index is 0.0735. The third kappa shape index (κ3) is 5.37. The van der Waals surface area contributed by atoms with Gasteiger partial charge in [-0.1, -0.05) is 29.8 Å². The highest BCUT2D eigenvalue weighted by molar-refractivity contribution is 6.04. The number of anilines is 1. The molecule has 1 fully saturated rings. The molecule has 0 spiro atoms. The summed E-state index contributed by atoms with van der Waals surface area (Å²) in [6, 6.07) is 15.2. The fourth-order valence-corrected chi connectivity index (χ4v) is 3.97. The minimum Gasteiger partial charge on any atom is -0.497 e. The van der Waals surface area contributed by atoms with Gasteiger partial charge in [0.15, 0.2) is 0 Å². The molecule has 1 aromatic heterocycles. The van der Waals surface area contributed by atoms with Crippen molar-refractivity contribution in [2.75, 3.05) is 25.5 Å². The number of amides is 2. The average molecular weight is 445 g/mol. The zero-order chi connectivity index (χ0) is 23.4. The maximum Gasteiger partial charge on any atom is 0.259 e. The Labute approximate surface area is 193 Å². The number of hydrogen-bond donors (Lipinski definition) is 1. The molecular formula is C26H28N4O3. The number of hydrogen-bond acceptors (Lipinski definition) is 5. The molecule has 3 aromatic rings. The van der Waals surface area contributed by atoms with Gasteiger partial charge in [-0.3, -0.25) is 9.59 Å². The predicted octanol–water partition coefficient (Wildman–Crippen LogP) is 3.91. The van der Waals surface area contributed by atoms with Crippen LogP contribution in [0.25, 0.3) is 0 Å². The van der Waals surface area contributed by atoms with Crippen LogP contribution in [-0.2, 0) is 11.2 Å². The summed E-state index contributed by atoms with van der Waals surface area (Å²) in [6.07, 6.45) is 2.79. The molecule has 7 heteroatoms. The van der Waals surface area contributed by atoms with Gasteiger partial charge >= 0.3 is 0 Å². The first kappa shape index (κ1) is 22.5. The van der Waals surface area contributed by atoms with E-state index in [2.05, 4.69) is 15.3 Å². The fourth-order valence-electron chi connectivity index (χ4n) is 3.97. The van der Waals surface area contributed by atoms with Gasteiger partial charge in [0.1, 0.15) is 11.6 Å². The molecule has 1 aliphatic rings. The molecule has 1 N–H and O–H groups in total. The lowest BCUT2D eigenvalue weighted by Gasteiger charge is -2.17. The topological polar surface area (TPSA) is 84.4 Å². The minimum atomic E-state index is -0.259. The quantitative estimate of drug-likeness (QED) is 0.623. The van der Waals surface area contributed by atoms with E-state index >= 15 is 0 Å². The molecule has 0 bridgehead atoms. The molecule has 33 heavy (non-hydrogen) atoms. The second-order valence-electron chi connectivity index (χ2n) is 8.40. The van der Waals surface area contributed by atoms with Gasteiger partial charge in [0.2, 0.25) is 5.91 Å². The van der Waals surface area contributed by atoms with Gasteiger partial charge in [0.05, 0.1) is 24.8 Å². The van der Waals surface area contributed by atoms with Crippen molar-refractivity contribution < 1.29 is 14.3 Å². The molecule has 7 nitrogen and oxygen atoms in total. The molecule has 0 aliphatic carbocycles. The first-order chi connectivity index (χ1) is 15.9. The number of carbonyl (C=O) groups excluding carboxylic acids is 2. The molecule has 2 aromatic carbocycles. The predicted molar refractivity (Wildman–Crippen MR) is 127 cm³/mol. The van der Waals surface area contributed by atoms with Crippen molar-refractivity contribution in [3.8, 4) is 5.75 Å².